The number of carbonyl (C=O) groups is 8. The van der Waals surface area contributed by atoms with E-state index in [9.17, 15) is 38.4 Å². The molecule has 0 bridgehead atoms. The van der Waals surface area contributed by atoms with Crippen LogP contribution in [0.3, 0.4) is 0 Å². The van der Waals surface area contributed by atoms with Crippen molar-refractivity contribution in [3.63, 3.8) is 0 Å². The third-order valence-corrected chi connectivity index (χ3v) is 11.1. The average Bonchev–Trinajstić information content (AvgIpc) is 3.05. The topological polar surface area (TPSA) is 183 Å². The van der Waals surface area contributed by atoms with Crippen LogP contribution in [0.2, 0.25) is 0 Å². The third-order valence-electron chi connectivity index (χ3n) is 11.1. The molecule has 2 saturated carbocycles. The first-order valence-electron chi connectivity index (χ1n) is 20.4. The van der Waals surface area contributed by atoms with E-state index in [1.807, 2.05) is 13.8 Å². The van der Waals surface area contributed by atoms with Gasteiger partial charge < -0.3 is 23.7 Å². The molecule has 324 valence electrons. The molecular weight excluding hydrogens is 736 g/mol. The second kappa shape index (κ2) is 19.5. The molecule has 3 atom stereocenters. The fourth-order valence-electron chi connectivity index (χ4n) is 7.63. The number of hydrogen-bond acceptors (Lipinski definition) is 13. The number of carbonyl (C=O) groups excluding carboxylic acids is 8. The van der Waals surface area contributed by atoms with Gasteiger partial charge >= 0.3 is 23.9 Å². The van der Waals surface area contributed by atoms with E-state index in [2.05, 4.69) is 0 Å². The van der Waals surface area contributed by atoms with Gasteiger partial charge in [-0.25, -0.2) is 0 Å². The average molecular weight is 807 g/mol. The highest BCUT2D eigenvalue weighted by Gasteiger charge is 2.45. The summed E-state index contributed by atoms with van der Waals surface area (Å²) in [5.74, 6) is -3.13. The van der Waals surface area contributed by atoms with E-state index in [1.165, 1.54) is 0 Å². The number of ketones is 4. The van der Waals surface area contributed by atoms with Crippen LogP contribution in [0.25, 0.3) is 0 Å². The molecule has 2 fully saturated rings. The van der Waals surface area contributed by atoms with E-state index in [0.717, 1.165) is 0 Å². The fourth-order valence-corrected chi connectivity index (χ4v) is 7.63. The highest BCUT2D eigenvalue weighted by atomic mass is 16.6. The standard InChI is InChI=1S/C44H70O13/c1-28(32-25-31(46)15-17-34(32)48)56-37(51)41(6,7)27-42(8,9)38(52)57-44(12,13)20-23-55-43(10,11)19-22-54-36(50)40(4,5)26-39(2,3)35(49)53-21-18-29-24-30(45)14-16-33(29)47/h28-29,32H,14-27H2,1-13H3. The van der Waals surface area contributed by atoms with Crippen molar-refractivity contribution in [2.45, 2.75) is 178 Å². The second-order valence-electron chi connectivity index (χ2n) is 20.0. The first-order valence-corrected chi connectivity index (χ1v) is 20.4. The van der Waals surface area contributed by atoms with Crippen molar-refractivity contribution in [1.29, 1.82) is 0 Å². The molecule has 0 amide bonds. The highest BCUT2D eigenvalue weighted by molar-refractivity contribution is 5.95. The van der Waals surface area contributed by atoms with Gasteiger partial charge in [0, 0.05) is 57.3 Å². The van der Waals surface area contributed by atoms with Gasteiger partial charge in [0.15, 0.2) is 0 Å². The Bertz CT molecular complexity index is 1510. The molecule has 2 rings (SSSR count). The zero-order valence-electron chi connectivity index (χ0n) is 36.9. The van der Waals surface area contributed by atoms with Crippen molar-refractivity contribution in [2.24, 2.45) is 33.5 Å². The van der Waals surface area contributed by atoms with Crippen LogP contribution in [0.4, 0.5) is 0 Å². The minimum Gasteiger partial charge on any atom is -0.465 e. The molecule has 3 unspecified atom stereocenters. The summed E-state index contributed by atoms with van der Waals surface area (Å²) < 4.78 is 28.8. The van der Waals surface area contributed by atoms with Crippen LogP contribution in [0, 0.1) is 33.5 Å². The van der Waals surface area contributed by atoms with Gasteiger partial charge in [-0.2, -0.15) is 0 Å². The molecule has 0 N–H and O–H groups in total. The Balaban J connectivity index is 1.80. The van der Waals surface area contributed by atoms with E-state index >= 15 is 0 Å². The molecule has 13 heteroatoms. The van der Waals surface area contributed by atoms with Gasteiger partial charge in [-0.05, 0) is 109 Å². The predicted octanol–water partition coefficient (Wildman–Crippen LogP) is 7.05. The van der Waals surface area contributed by atoms with Crippen LogP contribution in [0.5, 0.6) is 0 Å². The summed E-state index contributed by atoms with van der Waals surface area (Å²) in [6.45, 7) is 22.8. The molecule has 2 aliphatic rings. The maximum Gasteiger partial charge on any atom is 0.312 e. The Morgan fingerprint density at radius 3 is 1.58 bits per heavy atom. The molecule has 0 heterocycles. The van der Waals surface area contributed by atoms with Gasteiger partial charge in [-0.15, -0.1) is 0 Å². The van der Waals surface area contributed by atoms with Gasteiger partial charge in [0.2, 0.25) is 0 Å². The van der Waals surface area contributed by atoms with E-state index in [4.69, 9.17) is 23.7 Å². The summed E-state index contributed by atoms with van der Waals surface area (Å²) in [6, 6.07) is 0. The Labute approximate surface area is 339 Å². The summed E-state index contributed by atoms with van der Waals surface area (Å²) in [5, 5.41) is 0. The second-order valence-corrected chi connectivity index (χ2v) is 20.0. The molecule has 0 aromatic carbocycles. The zero-order valence-corrected chi connectivity index (χ0v) is 36.9. The Morgan fingerprint density at radius 2 is 1.02 bits per heavy atom. The summed E-state index contributed by atoms with van der Waals surface area (Å²) in [5.41, 5.74) is -5.76. The Morgan fingerprint density at radius 1 is 0.561 bits per heavy atom. The van der Waals surface area contributed by atoms with Crippen LogP contribution < -0.4 is 0 Å². The van der Waals surface area contributed by atoms with Gasteiger partial charge in [0.1, 0.15) is 34.8 Å². The first-order chi connectivity index (χ1) is 25.9. The smallest absolute Gasteiger partial charge is 0.312 e. The largest absolute Gasteiger partial charge is 0.465 e. The van der Waals surface area contributed by atoms with Crippen molar-refractivity contribution in [2.75, 3.05) is 19.8 Å². The fraction of sp³-hybridized carbons (Fsp3) is 0.818. The lowest BCUT2D eigenvalue weighted by Crippen LogP contribution is -2.43. The lowest BCUT2D eigenvalue weighted by molar-refractivity contribution is -0.175. The highest BCUT2D eigenvalue weighted by Crippen LogP contribution is 2.39. The minimum atomic E-state index is -1.08. The van der Waals surface area contributed by atoms with Gasteiger partial charge in [-0.3, -0.25) is 38.4 Å². The van der Waals surface area contributed by atoms with Crippen molar-refractivity contribution >= 4 is 47.0 Å². The van der Waals surface area contributed by atoms with Crippen LogP contribution in [-0.2, 0) is 62.0 Å². The predicted molar refractivity (Wildman–Crippen MR) is 211 cm³/mol. The van der Waals surface area contributed by atoms with E-state index in [0.29, 0.717) is 19.3 Å². The lowest BCUT2D eigenvalue weighted by Gasteiger charge is -2.36. The molecule has 0 aromatic heterocycles. The maximum absolute atomic E-state index is 13.4. The normalized spacial score (nSPS) is 19.5. The molecular formula is C44H70O13. The molecule has 0 spiro atoms. The quantitative estimate of drug-likeness (QED) is 0.0850. The van der Waals surface area contributed by atoms with Crippen LogP contribution >= 0.6 is 0 Å². The summed E-state index contributed by atoms with van der Waals surface area (Å²) in [4.78, 5) is 101. The maximum atomic E-state index is 13.4. The molecule has 0 saturated heterocycles. The van der Waals surface area contributed by atoms with Gasteiger partial charge in [0.25, 0.3) is 0 Å². The van der Waals surface area contributed by atoms with Crippen LogP contribution in [-0.4, -0.2) is 84.1 Å². The summed E-state index contributed by atoms with van der Waals surface area (Å²) in [7, 11) is 0. The summed E-state index contributed by atoms with van der Waals surface area (Å²) in [6.07, 6.45) is 1.70. The lowest BCUT2D eigenvalue weighted by atomic mass is 9.75. The van der Waals surface area contributed by atoms with Crippen molar-refractivity contribution < 1.29 is 62.0 Å². The first kappa shape index (κ1) is 49.7. The van der Waals surface area contributed by atoms with E-state index < -0.39 is 74.7 Å². The van der Waals surface area contributed by atoms with Crippen molar-refractivity contribution in [3.05, 3.63) is 0 Å². The van der Waals surface area contributed by atoms with E-state index in [-0.39, 0.29) is 94.3 Å². The molecule has 57 heavy (non-hydrogen) atoms. The molecule has 2 aliphatic carbocycles. The van der Waals surface area contributed by atoms with E-state index in [1.54, 1.807) is 76.2 Å². The van der Waals surface area contributed by atoms with Gasteiger partial charge in [0.05, 0.1) is 53.0 Å². The number of hydrogen-bond donors (Lipinski definition) is 0. The Kier molecular flexibility index (Phi) is 17.0. The molecule has 0 aliphatic heterocycles. The molecule has 13 nitrogen and oxygen atoms in total. The SMILES string of the molecule is CC(OC(=O)C(C)(C)CC(C)(C)C(=O)OC(C)(C)CCOC(C)(C)CCOC(=O)C(C)(C)CC(C)(C)C(=O)OCCC1CC(=O)CCC1=O)C1CC(=O)CCC1=O. The number of ether oxygens (including phenoxy) is 5. The number of rotatable bonds is 21. The van der Waals surface area contributed by atoms with Gasteiger partial charge in [-0.1, -0.05) is 0 Å². The Hall–Kier alpha value is -3.48. The van der Waals surface area contributed by atoms with Crippen molar-refractivity contribution in [3.8, 4) is 0 Å². The van der Waals surface area contributed by atoms with Crippen LogP contribution in [0.15, 0.2) is 0 Å². The zero-order chi connectivity index (χ0) is 43.8. The van der Waals surface area contributed by atoms with Crippen molar-refractivity contribution in [1.82, 2.24) is 0 Å². The minimum absolute atomic E-state index is 0.0219. The van der Waals surface area contributed by atoms with Crippen LogP contribution in [0.1, 0.15) is 161 Å². The number of esters is 4. The number of Topliss-reactive ketones (excluding diaryl/α,β-unsaturated/α-hetero) is 4. The third kappa shape index (κ3) is 15.7. The molecule has 0 radical (unpaired) electrons. The monoisotopic (exact) mass is 806 g/mol. The molecule has 0 aromatic rings. The summed E-state index contributed by atoms with van der Waals surface area (Å²) >= 11 is 0.